The summed E-state index contributed by atoms with van der Waals surface area (Å²) in [4.78, 5) is 14.3. The number of esters is 1. The molecule has 0 bridgehead atoms. The maximum Gasteiger partial charge on any atom is 0.341 e. The van der Waals surface area contributed by atoms with Gasteiger partial charge in [-0.15, -0.1) is 0 Å². The van der Waals surface area contributed by atoms with E-state index >= 15 is 0 Å². The van der Waals surface area contributed by atoms with E-state index in [2.05, 4.69) is 16.1 Å². The highest BCUT2D eigenvalue weighted by Crippen LogP contribution is 2.39. The molecule has 0 amide bonds. The molecule has 2 atom stereocenters. The van der Waals surface area contributed by atoms with Crippen LogP contribution in [0.1, 0.15) is 35.3 Å². The minimum absolute atomic E-state index is 0.114. The summed E-state index contributed by atoms with van der Waals surface area (Å²) in [5.74, 6) is -0.875. The van der Waals surface area contributed by atoms with Crippen molar-refractivity contribution in [3.63, 3.8) is 0 Å². The fourth-order valence-corrected chi connectivity index (χ4v) is 3.76. The van der Waals surface area contributed by atoms with Gasteiger partial charge in [0.25, 0.3) is 0 Å². The number of hydrogen-bond donors (Lipinski definition) is 0. The van der Waals surface area contributed by atoms with Crippen LogP contribution >= 0.6 is 0 Å². The molecule has 1 aliphatic rings. The smallest absolute Gasteiger partial charge is 0.341 e. The van der Waals surface area contributed by atoms with E-state index in [0.717, 1.165) is 11.3 Å². The third-order valence-corrected chi connectivity index (χ3v) is 5.05. The van der Waals surface area contributed by atoms with Gasteiger partial charge in [0.15, 0.2) is 0 Å². The lowest BCUT2D eigenvalue weighted by Gasteiger charge is -2.27. The SMILES string of the molecule is CCOC(=O)c1cnn2ccc(N3C[C@@H](C#N)CC3c3cccc(F)c3)cc12. The van der Waals surface area contributed by atoms with Gasteiger partial charge in [-0.05, 0) is 43.2 Å². The molecule has 142 valence electrons. The summed E-state index contributed by atoms with van der Waals surface area (Å²) in [6, 6.07) is 12.5. The van der Waals surface area contributed by atoms with Crippen LogP contribution in [0.2, 0.25) is 0 Å². The Hall–Kier alpha value is -3.40. The predicted molar refractivity (Wildman–Crippen MR) is 101 cm³/mol. The first-order valence-corrected chi connectivity index (χ1v) is 9.17. The van der Waals surface area contributed by atoms with Gasteiger partial charge in [0, 0.05) is 18.4 Å². The summed E-state index contributed by atoms with van der Waals surface area (Å²) < 4.78 is 20.5. The van der Waals surface area contributed by atoms with Crippen LogP contribution in [-0.2, 0) is 4.74 Å². The molecule has 1 aliphatic heterocycles. The molecule has 4 rings (SSSR count). The second kappa shape index (κ2) is 7.31. The van der Waals surface area contributed by atoms with Gasteiger partial charge in [0.2, 0.25) is 0 Å². The molecule has 0 spiro atoms. The molecule has 6 nitrogen and oxygen atoms in total. The largest absolute Gasteiger partial charge is 0.462 e. The molecule has 1 aromatic carbocycles. The Morgan fingerprint density at radius 3 is 3.00 bits per heavy atom. The average molecular weight is 378 g/mol. The molecule has 0 saturated carbocycles. The molecule has 28 heavy (non-hydrogen) atoms. The van der Waals surface area contributed by atoms with E-state index in [1.165, 1.54) is 18.3 Å². The van der Waals surface area contributed by atoms with E-state index in [0.29, 0.717) is 24.0 Å². The van der Waals surface area contributed by atoms with Crippen LogP contribution in [0.3, 0.4) is 0 Å². The highest BCUT2D eigenvalue weighted by molar-refractivity contribution is 5.97. The minimum Gasteiger partial charge on any atom is -0.462 e. The van der Waals surface area contributed by atoms with Crippen molar-refractivity contribution in [2.45, 2.75) is 19.4 Å². The number of pyridine rings is 1. The number of benzene rings is 1. The molecule has 3 aromatic rings. The summed E-state index contributed by atoms with van der Waals surface area (Å²) in [7, 11) is 0. The quantitative estimate of drug-likeness (QED) is 0.647. The molecule has 1 unspecified atom stereocenters. The molecule has 0 radical (unpaired) electrons. The molecule has 0 N–H and O–H groups in total. The van der Waals surface area contributed by atoms with Crippen LogP contribution in [0, 0.1) is 23.1 Å². The Kier molecular flexibility index (Phi) is 4.70. The minimum atomic E-state index is -0.423. The van der Waals surface area contributed by atoms with Crippen molar-refractivity contribution in [1.29, 1.82) is 5.26 Å². The van der Waals surface area contributed by atoms with Crippen LogP contribution in [0.4, 0.5) is 10.1 Å². The van der Waals surface area contributed by atoms with Gasteiger partial charge in [0.05, 0.1) is 36.3 Å². The maximum absolute atomic E-state index is 13.8. The van der Waals surface area contributed by atoms with Crippen LogP contribution in [-0.4, -0.2) is 28.7 Å². The molecular weight excluding hydrogens is 359 g/mol. The molecule has 2 aromatic heterocycles. The van der Waals surface area contributed by atoms with E-state index in [-0.39, 0.29) is 24.4 Å². The monoisotopic (exact) mass is 378 g/mol. The van der Waals surface area contributed by atoms with Crippen molar-refractivity contribution < 1.29 is 13.9 Å². The topological polar surface area (TPSA) is 70.6 Å². The first kappa shape index (κ1) is 18.0. The number of nitrogens with zero attached hydrogens (tertiary/aromatic N) is 4. The molecular formula is C21H19FN4O2. The van der Waals surface area contributed by atoms with E-state index in [1.54, 1.807) is 23.7 Å². The van der Waals surface area contributed by atoms with Gasteiger partial charge in [0.1, 0.15) is 11.4 Å². The van der Waals surface area contributed by atoms with Gasteiger partial charge in [-0.2, -0.15) is 10.4 Å². The Morgan fingerprint density at radius 1 is 1.39 bits per heavy atom. The lowest BCUT2D eigenvalue weighted by molar-refractivity contribution is 0.0528. The number of fused-ring (bicyclic) bond motifs is 1. The Bertz CT molecular complexity index is 1070. The summed E-state index contributed by atoms with van der Waals surface area (Å²) in [6.07, 6.45) is 3.88. The van der Waals surface area contributed by atoms with E-state index in [9.17, 15) is 14.4 Å². The standard InChI is InChI=1S/C21H19FN4O2/c1-2-28-21(27)18-12-24-26-7-6-17(10-20(18)26)25-13-14(11-23)8-19(25)15-4-3-5-16(22)9-15/h3-7,9-10,12,14,19H,2,8,13H2,1H3/t14-,19?/m1/s1. The molecule has 7 heteroatoms. The van der Waals surface area contributed by atoms with Crippen molar-refractivity contribution in [3.8, 4) is 6.07 Å². The Morgan fingerprint density at radius 2 is 2.25 bits per heavy atom. The van der Waals surface area contributed by atoms with Crippen LogP contribution in [0.5, 0.6) is 0 Å². The summed E-state index contributed by atoms with van der Waals surface area (Å²) in [5, 5.41) is 13.6. The zero-order chi connectivity index (χ0) is 19.7. The van der Waals surface area contributed by atoms with Gasteiger partial charge in [-0.3, -0.25) is 0 Å². The number of nitriles is 1. The summed E-state index contributed by atoms with van der Waals surface area (Å²) in [6.45, 7) is 2.58. The number of hydrogen-bond acceptors (Lipinski definition) is 5. The van der Waals surface area contributed by atoms with Gasteiger partial charge >= 0.3 is 5.97 Å². The summed E-state index contributed by atoms with van der Waals surface area (Å²) in [5.41, 5.74) is 2.71. The lowest BCUT2D eigenvalue weighted by atomic mass is 10.0. The van der Waals surface area contributed by atoms with Crippen molar-refractivity contribution in [2.24, 2.45) is 5.92 Å². The number of carbonyl (C=O) groups is 1. The normalized spacial score (nSPS) is 19.0. The predicted octanol–water partition coefficient (Wildman–Crippen LogP) is 3.74. The van der Waals surface area contributed by atoms with E-state index in [4.69, 9.17) is 4.74 Å². The van der Waals surface area contributed by atoms with Gasteiger partial charge < -0.3 is 9.64 Å². The van der Waals surface area contributed by atoms with Crippen LogP contribution < -0.4 is 4.90 Å². The first-order chi connectivity index (χ1) is 13.6. The number of anilines is 1. The van der Waals surface area contributed by atoms with Crippen molar-refractivity contribution in [1.82, 2.24) is 9.61 Å². The van der Waals surface area contributed by atoms with Gasteiger partial charge in [-0.25, -0.2) is 13.7 Å². The second-order valence-electron chi connectivity index (χ2n) is 6.78. The molecule has 3 heterocycles. The maximum atomic E-state index is 13.8. The van der Waals surface area contributed by atoms with Crippen molar-refractivity contribution >= 4 is 17.2 Å². The average Bonchev–Trinajstić information content (AvgIpc) is 3.32. The number of halogens is 1. The fraction of sp³-hybridized carbons (Fsp3) is 0.286. The van der Waals surface area contributed by atoms with Gasteiger partial charge in [-0.1, -0.05) is 12.1 Å². The Labute approximate surface area is 161 Å². The van der Waals surface area contributed by atoms with Crippen LogP contribution in [0.25, 0.3) is 5.52 Å². The third-order valence-electron chi connectivity index (χ3n) is 5.05. The highest BCUT2D eigenvalue weighted by Gasteiger charge is 2.34. The first-order valence-electron chi connectivity index (χ1n) is 9.17. The molecule has 0 aliphatic carbocycles. The molecule has 1 fully saturated rings. The van der Waals surface area contributed by atoms with E-state index < -0.39 is 5.97 Å². The van der Waals surface area contributed by atoms with E-state index in [1.807, 2.05) is 18.2 Å². The van der Waals surface area contributed by atoms with Crippen LogP contribution in [0.15, 0.2) is 48.8 Å². The molecule has 1 saturated heterocycles. The Balaban J connectivity index is 1.75. The summed E-state index contributed by atoms with van der Waals surface area (Å²) >= 11 is 0. The highest BCUT2D eigenvalue weighted by atomic mass is 19.1. The number of aromatic nitrogens is 2. The number of carbonyl (C=O) groups excluding carboxylic acids is 1. The van der Waals surface area contributed by atoms with Crippen molar-refractivity contribution in [3.05, 3.63) is 65.7 Å². The lowest BCUT2D eigenvalue weighted by Crippen LogP contribution is -2.23. The zero-order valence-corrected chi connectivity index (χ0v) is 15.4. The number of rotatable bonds is 4. The fourth-order valence-electron chi connectivity index (χ4n) is 3.76. The van der Waals surface area contributed by atoms with Crippen molar-refractivity contribution in [2.75, 3.05) is 18.1 Å². The second-order valence-corrected chi connectivity index (χ2v) is 6.78. The number of ether oxygens (including phenoxy) is 1. The zero-order valence-electron chi connectivity index (χ0n) is 15.4. The third kappa shape index (κ3) is 3.18.